The van der Waals surface area contributed by atoms with Crippen LogP contribution in [0.2, 0.25) is 0 Å². The van der Waals surface area contributed by atoms with E-state index in [9.17, 15) is 10.2 Å². The van der Waals surface area contributed by atoms with E-state index in [-0.39, 0.29) is 11.5 Å². The van der Waals surface area contributed by atoms with Gasteiger partial charge < -0.3 is 14.9 Å². The van der Waals surface area contributed by atoms with E-state index >= 15 is 0 Å². The van der Waals surface area contributed by atoms with E-state index in [2.05, 4.69) is 27.0 Å². The van der Waals surface area contributed by atoms with Crippen LogP contribution in [0.5, 0.6) is 0 Å². The molecule has 0 saturated heterocycles. The second-order valence-electron chi connectivity index (χ2n) is 4.35. The molecule has 2 unspecified atom stereocenters. The van der Waals surface area contributed by atoms with Crippen molar-refractivity contribution in [1.29, 1.82) is 0 Å². The number of unbranched alkanes of at least 4 members (excludes halogenated alkanes) is 2. The third kappa shape index (κ3) is 7.18. The minimum Gasteiger partial charge on any atom is -0.462 e. The first kappa shape index (κ1) is 16.2. The largest absolute Gasteiger partial charge is 0.462 e. The molecule has 0 rings (SSSR count). The molecular formula is C14H26O3. The van der Waals surface area contributed by atoms with Crippen LogP contribution in [0.3, 0.4) is 0 Å². The molecule has 0 fully saturated rings. The first-order valence-corrected chi connectivity index (χ1v) is 6.44. The smallest absolute Gasteiger partial charge is 0.125 e. The minimum atomic E-state index is -0.676. The summed E-state index contributed by atoms with van der Waals surface area (Å²) in [4.78, 5) is 0. The van der Waals surface area contributed by atoms with Crippen LogP contribution in [-0.2, 0) is 4.74 Å². The summed E-state index contributed by atoms with van der Waals surface area (Å²) in [6, 6.07) is 0. The molecule has 0 heterocycles. The van der Waals surface area contributed by atoms with Gasteiger partial charge in [0.2, 0.25) is 0 Å². The summed E-state index contributed by atoms with van der Waals surface area (Å²) in [6.45, 7) is 11.5. The highest BCUT2D eigenvalue weighted by atomic mass is 16.5. The van der Waals surface area contributed by atoms with Gasteiger partial charge in [0.05, 0.1) is 0 Å². The van der Waals surface area contributed by atoms with Crippen LogP contribution in [0, 0.1) is 0 Å². The zero-order chi connectivity index (χ0) is 13.3. The number of hydrogen-bond donors (Lipinski definition) is 2. The van der Waals surface area contributed by atoms with Crippen molar-refractivity contribution in [1.82, 2.24) is 0 Å². The molecule has 0 saturated carbocycles. The quantitative estimate of drug-likeness (QED) is 0.579. The number of ether oxygens (including phenoxy) is 1. The average molecular weight is 242 g/mol. The molecule has 0 aromatic carbocycles. The van der Waals surface area contributed by atoms with E-state index in [1.807, 2.05) is 0 Å². The molecule has 2 N–H and O–H groups in total. The molecule has 0 aromatic heterocycles. The lowest BCUT2D eigenvalue weighted by molar-refractivity contribution is 0.0829. The van der Waals surface area contributed by atoms with Crippen LogP contribution in [-0.4, -0.2) is 22.4 Å². The van der Waals surface area contributed by atoms with E-state index in [4.69, 9.17) is 4.74 Å². The SMILES string of the molecule is C=C(OC(=C)C(O)CCCC)C(O)CCCC. The Bertz CT molecular complexity index is 212. The Hall–Kier alpha value is -0.800. The standard InChI is InChI=1S/C14H26O3/c1-5-7-9-13(15)11(3)17-12(4)14(16)10-8-6-2/h13-16H,3-10H2,1-2H3. The fourth-order valence-electron chi connectivity index (χ4n) is 1.42. The fraction of sp³-hybridized carbons (Fsp3) is 0.714. The van der Waals surface area contributed by atoms with Crippen molar-refractivity contribution >= 4 is 0 Å². The lowest BCUT2D eigenvalue weighted by Crippen LogP contribution is -2.17. The topological polar surface area (TPSA) is 49.7 Å². The Labute approximate surface area is 105 Å². The van der Waals surface area contributed by atoms with E-state index in [1.165, 1.54) is 0 Å². The third-order valence-electron chi connectivity index (χ3n) is 2.67. The van der Waals surface area contributed by atoms with Crippen molar-refractivity contribution in [3.63, 3.8) is 0 Å². The highest BCUT2D eigenvalue weighted by Crippen LogP contribution is 2.17. The highest BCUT2D eigenvalue weighted by Gasteiger charge is 2.15. The maximum absolute atomic E-state index is 9.71. The minimum absolute atomic E-state index is 0.277. The van der Waals surface area contributed by atoms with Crippen molar-refractivity contribution in [2.24, 2.45) is 0 Å². The number of rotatable bonds is 10. The summed E-state index contributed by atoms with van der Waals surface area (Å²) >= 11 is 0. The van der Waals surface area contributed by atoms with Gasteiger partial charge in [-0.3, -0.25) is 0 Å². The molecule has 0 bridgehead atoms. The normalized spacial score (nSPS) is 14.1. The zero-order valence-corrected chi connectivity index (χ0v) is 11.1. The molecule has 17 heavy (non-hydrogen) atoms. The van der Waals surface area contributed by atoms with Gasteiger partial charge in [0.15, 0.2) is 0 Å². The molecule has 2 atom stereocenters. The van der Waals surface area contributed by atoms with Crippen molar-refractivity contribution in [2.45, 2.75) is 64.6 Å². The van der Waals surface area contributed by atoms with Crippen molar-refractivity contribution in [2.75, 3.05) is 0 Å². The van der Waals surface area contributed by atoms with Crippen molar-refractivity contribution < 1.29 is 14.9 Å². The molecule has 0 aliphatic carbocycles. The Morgan fingerprint density at radius 2 is 1.29 bits per heavy atom. The number of aliphatic hydroxyl groups is 2. The number of aliphatic hydroxyl groups excluding tert-OH is 2. The Balaban J connectivity index is 3.97. The average Bonchev–Trinajstić information content (AvgIpc) is 2.32. The summed E-state index contributed by atoms with van der Waals surface area (Å²) in [7, 11) is 0. The van der Waals surface area contributed by atoms with Gasteiger partial charge >= 0.3 is 0 Å². The van der Waals surface area contributed by atoms with Gasteiger partial charge in [0, 0.05) is 0 Å². The van der Waals surface area contributed by atoms with Gasteiger partial charge in [-0.15, -0.1) is 0 Å². The summed E-state index contributed by atoms with van der Waals surface area (Å²) < 4.78 is 5.28. The van der Waals surface area contributed by atoms with Gasteiger partial charge in [-0.2, -0.15) is 0 Å². The van der Waals surface area contributed by atoms with Crippen LogP contribution in [0.15, 0.2) is 24.7 Å². The van der Waals surface area contributed by atoms with Gasteiger partial charge in [-0.25, -0.2) is 0 Å². The van der Waals surface area contributed by atoms with Crippen LogP contribution in [0.25, 0.3) is 0 Å². The number of hydrogen-bond acceptors (Lipinski definition) is 3. The first-order valence-electron chi connectivity index (χ1n) is 6.44. The highest BCUT2D eigenvalue weighted by molar-refractivity contribution is 5.01. The Kier molecular flexibility index (Phi) is 8.82. The summed E-state index contributed by atoms with van der Waals surface area (Å²) in [5.41, 5.74) is 0. The molecular weight excluding hydrogens is 216 g/mol. The second kappa shape index (κ2) is 9.25. The molecule has 3 heteroatoms. The molecule has 0 spiro atoms. The lowest BCUT2D eigenvalue weighted by atomic mass is 10.1. The first-order chi connectivity index (χ1) is 8.02. The molecule has 0 aliphatic rings. The van der Waals surface area contributed by atoms with Gasteiger partial charge in [0.1, 0.15) is 23.7 Å². The van der Waals surface area contributed by atoms with Crippen molar-refractivity contribution in [3.05, 3.63) is 24.7 Å². The summed E-state index contributed by atoms with van der Waals surface area (Å²) in [6.07, 6.45) is 3.80. The van der Waals surface area contributed by atoms with E-state index in [1.54, 1.807) is 0 Å². The monoisotopic (exact) mass is 242 g/mol. The second-order valence-corrected chi connectivity index (χ2v) is 4.35. The van der Waals surface area contributed by atoms with Gasteiger partial charge in [0.25, 0.3) is 0 Å². The van der Waals surface area contributed by atoms with Crippen LogP contribution >= 0.6 is 0 Å². The molecule has 100 valence electrons. The third-order valence-corrected chi connectivity index (χ3v) is 2.67. The molecule has 0 radical (unpaired) electrons. The van der Waals surface area contributed by atoms with E-state index < -0.39 is 12.2 Å². The van der Waals surface area contributed by atoms with Gasteiger partial charge in [-0.05, 0) is 12.8 Å². The Morgan fingerprint density at radius 3 is 1.59 bits per heavy atom. The molecule has 0 aromatic rings. The summed E-state index contributed by atoms with van der Waals surface area (Å²) in [5.74, 6) is 0.554. The summed E-state index contributed by atoms with van der Waals surface area (Å²) in [5, 5.41) is 19.4. The predicted molar refractivity (Wildman–Crippen MR) is 70.4 cm³/mol. The van der Waals surface area contributed by atoms with Gasteiger partial charge in [-0.1, -0.05) is 52.7 Å². The van der Waals surface area contributed by atoms with Crippen LogP contribution < -0.4 is 0 Å². The zero-order valence-electron chi connectivity index (χ0n) is 11.1. The molecule has 0 aliphatic heterocycles. The maximum atomic E-state index is 9.71. The lowest BCUT2D eigenvalue weighted by Gasteiger charge is -2.19. The van der Waals surface area contributed by atoms with Crippen LogP contribution in [0.4, 0.5) is 0 Å². The molecule has 3 nitrogen and oxygen atoms in total. The van der Waals surface area contributed by atoms with E-state index in [0.717, 1.165) is 25.7 Å². The Morgan fingerprint density at radius 1 is 0.941 bits per heavy atom. The van der Waals surface area contributed by atoms with E-state index in [0.29, 0.717) is 12.8 Å². The maximum Gasteiger partial charge on any atom is 0.125 e. The van der Waals surface area contributed by atoms with Crippen LogP contribution in [0.1, 0.15) is 52.4 Å². The fourth-order valence-corrected chi connectivity index (χ4v) is 1.42. The molecule has 0 amide bonds. The predicted octanol–water partition coefficient (Wildman–Crippen LogP) is 3.13. The van der Waals surface area contributed by atoms with Crippen molar-refractivity contribution in [3.8, 4) is 0 Å².